The highest BCUT2D eigenvalue weighted by molar-refractivity contribution is 5.36. The van der Waals surface area contributed by atoms with Crippen molar-refractivity contribution in [1.29, 1.82) is 0 Å². The molecule has 70 valence electrons. The Hall–Kier alpha value is -0.890. The fraction of sp³-hybridized carbons (Fsp3) is 0.455. The van der Waals surface area contributed by atoms with Crippen LogP contribution in [0.25, 0.3) is 0 Å². The van der Waals surface area contributed by atoms with Crippen molar-refractivity contribution in [3.05, 3.63) is 34.6 Å². The molecule has 1 saturated carbocycles. The van der Waals surface area contributed by atoms with Crippen molar-refractivity contribution >= 4 is 0 Å². The Labute approximate surface area is 77.2 Å². The summed E-state index contributed by atoms with van der Waals surface area (Å²) in [4.78, 5) is 0. The van der Waals surface area contributed by atoms with Crippen LogP contribution in [0.2, 0.25) is 0 Å². The van der Waals surface area contributed by atoms with Crippen LogP contribution in [0.5, 0.6) is 0 Å². The van der Waals surface area contributed by atoms with E-state index < -0.39 is 5.60 Å². The molecule has 1 aliphatic carbocycles. The zero-order valence-corrected chi connectivity index (χ0v) is 7.89. The van der Waals surface area contributed by atoms with Gasteiger partial charge in [0.1, 0.15) is 5.82 Å². The molecule has 2 heteroatoms. The van der Waals surface area contributed by atoms with Crippen LogP contribution in [0.1, 0.15) is 29.5 Å². The highest BCUT2D eigenvalue weighted by Crippen LogP contribution is 2.45. The van der Waals surface area contributed by atoms with Crippen molar-refractivity contribution in [1.82, 2.24) is 0 Å². The van der Waals surface area contributed by atoms with Gasteiger partial charge in [0.25, 0.3) is 0 Å². The van der Waals surface area contributed by atoms with Crippen LogP contribution >= 0.6 is 0 Å². The van der Waals surface area contributed by atoms with Gasteiger partial charge in [-0.05, 0) is 49.4 Å². The minimum atomic E-state index is -0.723. The summed E-state index contributed by atoms with van der Waals surface area (Å²) < 4.78 is 13.3. The second-order valence-electron chi connectivity index (χ2n) is 3.93. The minimum absolute atomic E-state index is 0.213. The van der Waals surface area contributed by atoms with Gasteiger partial charge in [0.05, 0.1) is 5.60 Å². The van der Waals surface area contributed by atoms with Crippen LogP contribution < -0.4 is 0 Å². The van der Waals surface area contributed by atoms with Gasteiger partial charge in [-0.3, -0.25) is 0 Å². The van der Waals surface area contributed by atoms with Gasteiger partial charge in [-0.25, -0.2) is 4.39 Å². The van der Waals surface area contributed by atoms with Crippen LogP contribution in [0, 0.1) is 19.7 Å². The van der Waals surface area contributed by atoms with Crippen molar-refractivity contribution in [2.75, 3.05) is 0 Å². The topological polar surface area (TPSA) is 20.2 Å². The van der Waals surface area contributed by atoms with Gasteiger partial charge >= 0.3 is 0 Å². The van der Waals surface area contributed by atoms with E-state index >= 15 is 0 Å². The maximum absolute atomic E-state index is 13.3. The van der Waals surface area contributed by atoms with E-state index in [0.717, 1.165) is 24.0 Å². The molecule has 1 aromatic carbocycles. The molecular weight excluding hydrogens is 167 g/mol. The second-order valence-corrected chi connectivity index (χ2v) is 3.93. The largest absolute Gasteiger partial charge is 0.385 e. The van der Waals surface area contributed by atoms with Crippen LogP contribution in [-0.4, -0.2) is 5.11 Å². The van der Waals surface area contributed by atoms with E-state index in [-0.39, 0.29) is 5.82 Å². The number of halogens is 1. The number of aliphatic hydroxyl groups is 1. The third-order valence-electron chi connectivity index (χ3n) is 2.86. The number of benzene rings is 1. The molecule has 0 heterocycles. The summed E-state index contributed by atoms with van der Waals surface area (Å²) >= 11 is 0. The van der Waals surface area contributed by atoms with Crippen LogP contribution in [0.15, 0.2) is 12.1 Å². The molecule has 0 unspecified atom stereocenters. The molecular formula is C11H13FO. The van der Waals surface area contributed by atoms with Crippen molar-refractivity contribution in [3.63, 3.8) is 0 Å². The third kappa shape index (κ3) is 1.35. The lowest BCUT2D eigenvalue weighted by atomic mass is 10.0. The van der Waals surface area contributed by atoms with Gasteiger partial charge in [-0.2, -0.15) is 0 Å². The lowest BCUT2D eigenvalue weighted by Crippen LogP contribution is -2.06. The first kappa shape index (κ1) is 8.70. The second kappa shape index (κ2) is 2.55. The molecule has 2 rings (SSSR count). The Morgan fingerprint density at radius 1 is 1.31 bits per heavy atom. The summed E-state index contributed by atoms with van der Waals surface area (Å²) in [6, 6.07) is 3.33. The van der Waals surface area contributed by atoms with Crippen molar-refractivity contribution < 1.29 is 9.50 Å². The smallest absolute Gasteiger partial charge is 0.126 e. The normalized spacial score (nSPS) is 18.8. The Kier molecular flexibility index (Phi) is 1.70. The molecule has 13 heavy (non-hydrogen) atoms. The van der Waals surface area contributed by atoms with E-state index in [2.05, 4.69) is 0 Å². The number of hydrogen-bond acceptors (Lipinski definition) is 1. The van der Waals surface area contributed by atoms with E-state index in [0.29, 0.717) is 5.56 Å². The summed E-state index contributed by atoms with van der Waals surface area (Å²) in [5.74, 6) is -0.213. The Morgan fingerprint density at radius 3 is 2.38 bits per heavy atom. The summed E-state index contributed by atoms with van der Waals surface area (Å²) in [7, 11) is 0. The molecule has 1 aliphatic rings. The molecule has 1 fully saturated rings. The zero-order chi connectivity index (χ0) is 9.64. The Morgan fingerprint density at radius 2 is 1.92 bits per heavy atom. The lowest BCUT2D eigenvalue weighted by molar-refractivity contribution is 0.151. The van der Waals surface area contributed by atoms with Crippen molar-refractivity contribution in [3.8, 4) is 0 Å². The molecule has 0 saturated heterocycles. The minimum Gasteiger partial charge on any atom is -0.385 e. The van der Waals surface area contributed by atoms with Gasteiger partial charge < -0.3 is 5.11 Å². The average Bonchev–Trinajstić information content (AvgIpc) is 2.80. The molecule has 0 radical (unpaired) electrons. The van der Waals surface area contributed by atoms with Gasteiger partial charge in [0.15, 0.2) is 0 Å². The Bertz CT molecular complexity index is 330. The number of aryl methyl sites for hydroxylation is 1. The fourth-order valence-corrected chi connectivity index (χ4v) is 1.49. The molecule has 0 amide bonds. The first-order valence-corrected chi connectivity index (χ1v) is 4.52. The van der Waals surface area contributed by atoms with E-state index in [9.17, 15) is 9.50 Å². The first-order chi connectivity index (χ1) is 6.03. The molecule has 0 aliphatic heterocycles. The summed E-state index contributed by atoms with van der Waals surface area (Å²) in [6.45, 7) is 3.62. The predicted octanol–water partition coefficient (Wildman–Crippen LogP) is 2.42. The highest BCUT2D eigenvalue weighted by Gasteiger charge is 2.42. The van der Waals surface area contributed by atoms with Gasteiger partial charge in [0.2, 0.25) is 0 Å². The maximum atomic E-state index is 13.3. The molecule has 0 spiro atoms. The molecule has 1 N–H and O–H groups in total. The van der Waals surface area contributed by atoms with Crippen LogP contribution in [0.3, 0.4) is 0 Å². The summed E-state index contributed by atoms with van der Waals surface area (Å²) in [5, 5.41) is 9.77. The van der Waals surface area contributed by atoms with E-state index in [1.165, 1.54) is 6.07 Å². The van der Waals surface area contributed by atoms with E-state index in [1.807, 2.05) is 13.0 Å². The standard InChI is InChI=1S/C11H13FO/c1-7-5-9(11(13)3-4-11)6-10(12)8(7)2/h5-6,13H,3-4H2,1-2H3. The van der Waals surface area contributed by atoms with Gasteiger partial charge in [-0.15, -0.1) is 0 Å². The average molecular weight is 180 g/mol. The molecule has 1 nitrogen and oxygen atoms in total. The monoisotopic (exact) mass is 180 g/mol. The highest BCUT2D eigenvalue weighted by atomic mass is 19.1. The van der Waals surface area contributed by atoms with E-state index in [1.54, 1.807) is 6.92 Å². The molecule has 0 atom stereocenters. The first-order valence-electron chi connectivity index (χ1n) is 4.52. The molecule has 1 aromatic rings. The van der Waals surface area contributed by atoms with Crippen molar-refractivity contribution in [2.24, 2.45) is 0 Å². The quantitative estimate of drug-likeness (QED) is 0.703. The predicted molar refractivity (Wildman–Crippen MR) is 49.0 cm³/mol. The SMILES string of the molecule is Cc1cc(C2(O)CC2)cc(F)c1C. The van der Waals surface area contributed by atoms with Crippen LogP contribution in [0.4, 0.5) is 4.39 Å². The summed E-state index contributed by atoms with van der Waals surface area (Å²) in [5.41, 5.74) is 1.59. The fourth-order valence-electron chi connectivity index (χ4n) is 1.49. The number of hydrogen-bond donors (Lipinski definition) is 1. The van der Waals surface area contributed by atoms with Crippen molar-refractivity contribution in [2.45, 2.75) is 32.3 Å². The van der Waals surface area contributed by atoms with Gasteiger partial charge in [-0.1, -0.05) is 6.07 Å². The molecule has 0 aromatic heterocycles. The lowest BCUT2D eigenvalue weighted by Gasteiger charge is -2.11. The Balaban J connectivity index is 2.50. The number of rotatable bonds is 1. The van der Waals surface area contributed by atoms with Crippen LogP contribution in [-0.2, 0) is 5.60 Å². The zero-order valence-electron chi connectivity index (χ0n) is 7.89. The third-order valence-corrected chi connectivity index (χ3v) is 2.86. The van der Waals surface area contributed by atoms with Gasteiger partial charge in [0, 0.05) is 0 Å². The van der Waals surface area contributed by atoms with E-state index in [4.69, 9.17) is 0 Å². The maximum Gasteiger partial charge on any atom is 0.126 e. The summed E-state index contributed by atoms with van der Waals surface area (Å²) in [6.07, 6.45) is 1.52. The molecule has 0 bridgehead atoms.